The number of anilines is 1. The van der Waals surface area contributed by atoms with Crippen molar-refractivity contribution in [3.63, 3.8) is 0 Å². The number of nitrogens with two attached hydrogens (primary N) is 2. The normalized spacial score (nSPS) is 11.0. The number of carbonyl (C=O) groups is 1. The van der Waals surface area contributed by atoms with E-state index in [1.807, 2.05) is 13.8 Å². The summed E-state index contributed by atoms with van der Waals surface area (Å²) in [6.07, 6.45) is 0. The van der Waals surface area contributed by atoms with Gasteiger partial charge in [0, 0.05) is 11.6 Å². The van der Waals surface area contributed by atoms with Crippen molar-refractivity contribution in [3.05, 3.63) is 58.3 Å². The summed E-state index contributed by atoms with van der Waals surface area (Å²) in [5.41, 5.74) is 12.0. The number of amides is 1. The Labute approximate surface area is 153 Å². The van der Waals surface area contributed by atoms with Gasteiger partial charge in [0.1, 0.15) is 22.9 Å². The molecule has 8 nitrogen and oxygen atoms in total. The Morgan fingerprint density at radius 1 is 1.07 bits per heavy atom. The van der Waals surface area contributed by atoms with Gasteiger partial charge in [0.05, 0.1) is 6.04 Å². The molecule has 4 N–H and O–H groups in total. The van der Waals surface area contributed by atoms with Crippen LogP contribution < -0.4 is 17.0 Å². The molecule has 3 aromatic rings. The first-order chi connectivity index (χ1) is 12.8. The molecule has 0 aliphatic carbocycles. The van der Waals surface area contributed by atoms with Gasteiger partial charge in [-0.25, -0.2) is 19.0 Å². The van der Waals surface area contributed by atoms with Crippen LogP contribution in [0.15, 0.2) is 41.2 Å². The van der Waals surface area contributed by atoms with E-state index >= 15 is 0 Å². The molecule has 0 aliphatic heterocycles. The number of benzene rings is 1. The van der Waals surface area contributed by atoms with E-state index < -0.39 is 11.7 Å². The predicted molar refractivity (Wildman–Crippen MR) is 98.2 cm³/mol. The Hall–Kier alpha value is -3.62. The molecule has 0 aliphatic rings. The van der Waals surface area contributed by atoms with E-state index in [9.17, 15) is 14.0 Å². The third-order valence-corrected chi connectivity index (χ3v) is 3.83. The maximum Gasteiger partial charge on any atom is 0.271 e. The van der Waals surface area contributed by atoms with Crippen LogP contribution in [0.5, 0.6) is 0 Å². The highest BCUT2D eigenvalue weighted by Gasteiger charge is 2.20. The number of carbonyl (C=O) groups excluding carboxylic acids is 1. The summed E-state index contributed by atoms with van der Waals surface area (Å²) in [6.45, 7) is 3.62. The molecule has 138 valence electrons. The predicted octanol–water partition coefficient (Wildman–Crippen LogP) is 1.77. The summed E-state index contributed by atoms with van der Waals surface area (Å²) in [5.74, 6) is -1.41. The average Bonchev–Trinajstić information content (AvgIpc) is 2.62. The average molecular weight is 368 g/mol. The van der Waals surface area contributed by atoms with Crippen molar-refractivity contribution in [1.82, 2.24) is 19.7 Å². The van der Waals surface area contributed by atoms with Crippen LogP contribution in [0.25, 0.3) is 22.6 Å². The van der Waals surface area contributed by atoms with E-state index in [4.69, 9.17) is 11.5 Å². The topological polar surface area (TPSA) is 130 Å². The fraction of sp³-hybridized carbons (Fsp3) is 0.167. The van der Waals surface area contributed by atoms with Crippen LogP contribution in [0, 0.1) is 5.82 Å². The third-order valence-electron chi connectivity index (χ3n) is 3.83. The van der Waals surface area contributed by atoms with Crippen molar-refractivity contribution >= 4 is 11.7 Å². The van der Waals surface area contributed by atoms with Gasteiger partial charge in [-0.05, 0) is 44.2 Å². The molecule has 0 radical (unpaired) electrons. The molecule has 0 saturated carbocycles. The fourth-order valence-corrected chi connectivity index (χ4v) is 2.54. The van der Waals surface area contributed by atoms with Crippen LogP contribution >= 0.6 is 0 Å². The Morgan fingerprint density at radius 2 is 1.74 bits per heavy atom. The SMILES string of the molecule is CC(C)n1nc(-c2nc(C(N)=O)c(N)nc2-c2ccc(F)cc2)ccc1=O. The van der Waals surface area contributed by atoms with Crippen LogP contribution in [0.3, 0.4) is 0 Å². The van der Waals surface area contributed by atoms with Crippen LogP contribution in [-0.4, -0.2) is 25.7 Å². The minimum atomic E-state index is -0.843. The largest absolute Gasteiger partial charge is 0.382 e. The zero-order valence-electron chi connectivity index (χ0n) is 14.7. The number of aromatic nitrogens is 4. The maximum absolute atomic E-state index is 13.3. The summed E-state index contributed by atoms with van der Waals surface area (Å²) in [5, 5.41) is 4.31. The van der Waals surface area contributed by atoms with Crippen LogP contribution in [0.1, 0.15) is 30.4 Å². The number of nitrogens with zero attached hydrogens (tertiary/aromatic N) is 4. The quantitative estimate of drug-likeness (QED) is 0.722. The zero-order valence-corrected chi connectivity index (χ0v) is 14.7. The van der Waals surface area contributed by atoms with Crippen molar-refractivity contribution in [2.24, 2.45) is 5.73 Å². The second-order valence-electron chi connectivity index (χ2n) is 6.12. The standard InChI is InChI=1S/C18H17FN6O2/c1-9(2)25-13(26)8-7-12(24-25)15-14(10-3-5-11(19)6-4-10)23-17(20)16(22-15)18(21)27/h3-9H,1-2H3,(H2,20,23)(H2,21,27). The molecule has 0 bridgehead atoms. The Morgan fingerprint density at radius 3 is 2.33 bits per heavy atom. The second kappa shape index (κ2) is 6.94. The molecular formula is C18H17FN6O2. The number of rotatable bonds is 4. The number of primary amides is 1. The van der Waals surface area contributed by atoms with Crippen LogP contribution in [0.2, 0.25) is 0 Å². The maximum atomic E-state index is 13.3. The summed E-state index contributed by atoms with van der Waals surface area (Å²) >= 11 is 0. The van der Waals surface area contributed by atoms with Crippen molar-refractivity contribution in [1.29, 1.82) is 0 Å². The first kappa shape index (κ1) is 18.2. The van der Waals surface area contributed by atoms with Crippen molar-refractivity contribution in [2.75, 3.05) is 5.73 Å². The number of nitrogen functional groups attached to an aromatic ring is 1. The molecule has 27 heavy (non-hydrogen) atoms. The summed E-state index contributed by atoms with van der Waals surface area (Å²) < 4.78 is 14.6. The highest BCUT2D eigenvalue weighted by molar-refractivity contribution is 5.96. The van der Waals surface area contributed by atoms with Gasteiger partial charge in [-0.2, -0.15) is 5.10 Å². The van der Waals surface area contributed by atoms with Gasteiger partial charge >= 0.3 is 0 Å². The minimum Gasteiger partial charge on any atom is -0.382 e. The molecule has 0 saturated heterocycles. The number of halogens is 1. The van der Waals surface area contributed by atoms with Gasteiger partial charge < -0.3 is 11.5 Å². The Bertz CT molecular complexity index is 1080. The number of hydrogen-bond acceptors (Lipinski definition) is 6. The molecule has 0 fully saturated rings. The van der Waals surface area contributed by atoms with E-state index in [0.717, 1.165) is 0 Å². The van der Waals surface area contributed by atoms with E-state index in [1.165, 1.54) is 41.1 Å². The van der Waals surface area contributed by atoms with Crippen LogP contribution in [0.4, 0.5) is 10.2 Å². The van der Waals surface area contributed by atoms with Gasteiger partial charge in [-0.15, -0.1) is 0 Å². The van der Waals surface area contributed by atoms with E-state index in [2.05, 4.69) is 15.1 Å². The molecular weight excluding hydrogens is 351 g/mol. The molecule has 1 amide bonds. The van der Waals surface area contributed by atoms with Crippen molar-refractivity contribution in [3.8, 4) is 22.6 Å². The molecule has 3 rings (SSSR count). The molecule has 1 aromatic carbocycles. The lowest BCUT2D eigenvalue weighted by molar-refractivity contribution is 0.0996. The second-order valence-corrected chi connectivity index (χ2v) is 6.12. The van der Waals surface area contributed by atoms with Gasteiger partial charge in [0.25, 0.3) is 11.5 Å². The molecule has 2 aromatic heterocycles. The Kier molecular flexibility index (Phi) is 4.68. The summed E-state index contributed by atoms with van der Waals surface area (Å²) in [7, 11) is 0. The van der Waals surface area contributed by atoms with E-state index in [0.29, 0.717) is 17.0 Å². The monoisotopic (exact) mass is 368 g/mol. The number of hydrogen-bond donors (Lipinski definition) is 2. The molecule has 2 heterocycles. The van der Waals surface area contributed by atoms with Gasteiger partial charge in [0.15, 0.2) is 11.5 Å². The molecule has 0 spiro atoms. The third kappa shape index (κ3) is 3.52. The lowest BCUT2D eigenvalue weighted by Gasteiger charge is -2.13. The fourth-order valence-electron chi connectivity index (χ4n) is 2.54. The zero-order chi connectivity index (χ0) is 19.7. The minimum absolute atomic E-state index is 0.150. The van der Waals surface area contributed by atoms with Gasteiger partial charge in [0.2, 0.25) is 0 Å². The van der Waals surface area contributed by atoms with Crippen molar-refractivity contribution in [2.45, 2.75) is 19.9 Å². The summed E-state index contributed by atoms with van der Waals surface area (Å²) in [6, 6.07) is 8.17. The smallest absolute Gasteiger partial charge is 0.271 e. The first-order valence-corrected chi connectivity index (χ1v) is 8.11. The molecule has 0 unspecified atom stereocenters. The van der Waals surface area contributed by atoms with Crippen LogP contribution in [-0.2, 0) is 0 Å². The highest BCUT2D eigenvalue weighted by atomic mass is 19.1. The van der Waals surface area contributed by atoms with Gasteiger partial charge in [-0.1, -0.05) is 0 Å². The lowest BCUT2D eigenvalue weighted by Crippen LogP contribution is -2.24. The summed E-state index contributed by atoms with van der Waals surface area (Å²) in [4.78, 5) is 32.1. The van der Waals surface area contributed by atoms with Crippen molar-refractivity contribution < 1.29 is 9.18 Å². The van der Waals surface area contributed by atoms with E-state index in [-0.39, 0.29) is 28.8 Å². The Balaban J connectivity index is 2.31. The van der Waals surface area contributed by atoms with Gasteiger partial charge in [-0.3, -0.25) is 9.59 Å². The highest BCUT2D eigenvalue weighted by Crippen LogP contribution is 2.29. The van der Waals surface area contributed by atoms with E-state index in [1.54, 1.807) is 0 Å². The lowest BCUT2D eigenvalue weighted by atomic mass is 10.1. The molecule has 9 heteroatoms. The first-order valence-electron chi connectivity index (χ1n) is 8.11. The molecule has 0 atom stereocenters.